The van der Waals surface area contributed by atoms with Crippen LogP contribution in [0.4, 0.5) is 5.69 Å². The van der Waals surface area contributed by atoms with Crippen molar-refractivity contribution in [1.29, 1.82) is 0 Å². The molecule has 1 amide bonds. The summed E-state index contributed by atoms with van der Waals surface area (Å²) in [6.45, 7) is 11.9. The minimum atomic E-state index is -0.0147. The Hall–Kier alpha value is -1.13. The van der Waals surface area contributed by atoms with Gasteiger partial charge in [-0.3, -0.25) is 9.69 Å². The number of nitrogens with zero attached hydrogens (tertiary/aromatic N) is 1. The number of nitrogens with one attached hydrogen (secondary N) is 1. The van der Waals surface area contributed by atoms with E-state index in [9.17, 15) is 4.79 Å². The molecule has 2 rings (SSSR count). The fourth-order valence-electron chi connectivity index (χ4n) is 2.79. The number of carbonyl (C=O) groups excluding carboxylic acids is 1. The number of aryl methyl sites for hydroxylation is 2. The molecule has 110 valence electrons. The number of carbonyl (C=O) groups is 1. The molecule has 1 atom stereocenters. The van der Waals surface area contributed by atoms with Gasteiger partial charge in [-0.15, -0.1) is 11.3 Å². The molecule has 0 radical (unpaired) electrons. The van der Waals surface area contributed by atoms with Crippen molar-refractivity contribution < 1.29 is 4.79 Å². The lowest BCUT2D eigenvalue weighted by atomic mass is 10.0. The van der Waals surface area contributed by atoms with Gasteiger partial charge < -0.3 is 5.32 Å². The van der Waals surface area contributed by atoms with Crippen molar-refractivity contribution in [3.05, 3.63) is 28.0 Å². The number of rotatable bonds is 4. The third-order valence-electron chi connectivity index (χ3n) is 3.80. The van der Waals surface area contributed by atoms with E-state index in [1.165, 1.54) is 11.3 Å². The Morgan fingerprint density at radius 3 is 2.85 bits per heavy atom. The van der Waals surface area contributed by atoms with E-state index in [1.807, 2.05) is 13.8 Å². The Labute approximate surface area is 125 Å². The average molecular weight is 292 g/mol. The molecule has 20 heavy (non-hydrogen) atoms. The molecular formula is C16H24N2OS. The van der Waals surface area contributed by atoms with Gasteiger partial charge in [-0.25, -0.2) is 0 Å². The Morgan fingerprint density at radius 2 is 2.25 bits per heavy atom. The van der Waals surface area contributed by atoms with E-state index in [-0.39, 0.29) is 11.9 Å². The van der Waals surface area contributed by atoms with E-state index < -0.39 is 0 Å². The van der Waals surface area contributed by atoms with E-state index in [1.54, 1.807) is 11.3 Å². The maximum atomic E-state index is 12.6. The number of hydrogen-bond acceptors (Lipinski definition) is 3. The molecule has 0 aliphatic carbocycles. The van der Waals surface area contributed by atoms with E-state index in [0.717, 1.165) is 42.8 Å². The molecule has 1 N–H and O–H groups in total. The van der Waals surface area contributed by atoms with Gasteiger partial charge >= 0.3 is 0 Å². The Morgan fingerprint density at radius 1 is 1.50 bits per heavy atom. The van der Waals surface area contributed by atoms with Crippen LogP contribution in [0.25, 0.3) is 0 Å². The van der Waals surface area contributed by atoms with Crippen LogP contribution in [-0.2, 0) is 4.79 Å². The lowest BCUT2D eigenvalue weighted by Gasteiger charge is -2.34. The summed E-state index contributed by atoms with van der Waals surface area (Å²) in [5.74, 6) is 0.135. The van der Waals surface area contributed by atoms with Crippen LogP contribution in [-0.4, -0.2) is 29.9 Å². The maximum absolute atomic E-state index is 12.6. The van der Waals surface area contributed by atoms with Crippen LogP contribution in [0.2, 0.25) is 0 Å². The topological polar surface area (TPSA) is 32.3 Å². The van der Waals surface area contributed by atoms with E-state index in [2.05, 4.69) is 29.1 Å². The van der Waals surface area contributed by atoms with Crippen molar-refractivity contribution >= 4 is 22.9 Å². The summed E-state index contributed by atoms with van der Waals surface area (Å²) in [6.07, 6.45) is 3.25. The predicted octanol–water partition coefficient (Wildman–Crippen LogP) is 3.73. The van der Waals surface area contributed by atoms with Crippen molar-refractivity contribution in [1.82, 2.24) is 4.90 Å². The molecule has 0 aromatic carbocycles. The van der Waals surface area contributed by atoms with E-state index in [0.29, 0.717) is 0 Å². The first-order valence-electron chi connectivity index (χ1n) is 7.23. The second-order valence-electron chi connectivity index (χ2n) is 5.78. The van der Waals surface area contributed by atoms with Gasteiger partial charge in [-0.2, -0.15) is 0 Å². The fraction of sp³-hybridized carbons (Fsp3) is 0.562. The number of likely N-dealkylation sites (tertiary alicyclic amines) is 1. The maximum Gasteiger partial charge on any atom is 0.241 e. The zero-order valence-corrected chi connectivity index (χ0v) is 13.5. The lowest BCUT2D eigenvalue weighted by Crippen LogP contribution is -2.47. The highest BCUT2D eigenvalue weighted by Crippen LogP contribution is 2.27. The standard InChI is InChI=1S/C16H24N2OS/c1-11(2)9-18-8-6-5-7-14(18)16(19)17-15-12(3)10-20-13(15)4/h10,14H,1,5-9H2,2-4H3,(H,17,19). The third kappa shape index (κ3) is 3.49. The summed E-state index contributed by atoms with van der Waals surface area (Å²) in [5.41, 5.74) is 3.27. The highest BCUT2D eigenvalue weighted by atomic mass is 32.1. The molecule has 1 aliphatic rings. The first kappa shape index (κ1) is 15.3. The molecule has 1 aromatic rings. The summed E-state index contributed by atoms with van der Waals surface area (Å²) in [7, 11) is 0. The predicted molar refractivity (Wildman–Crippen MR) is 86.4 cm³/mol. The van der Waals surface area contributed by atoms with Gasteiger partial charge in [0.1, 0.15) is 0 Å². The quantitative estimate of drug-likeness (QED) is 0.858. The second-order valence-corrected chi connectivity index (χ2v) is 6.86. The van der Waals surface area contributed by atoms with Gasteiger partial charge in [-0.05, 0) is 51.1 Å². The smallest absolute Gasteiger partial charge is 0.241 e. The Bertz CT molecular complexity index is 487. The van der Waals surface area contributed by atoms with Crippen LogP contribution in [0.5, 0.6) is 0 Å². The molecule has 1 aromatic heterocycles. The van der Waals surface area contributed by atoms with Crippen LogP contribution >= 0.6 is 11.3 Å². The zero-order chi connectivity index (χ0) is 14.7. The SMILES string of the molecule is C=C(C)CN1CCCCC1C(=O)Nc1c(C)csc1C. The molecule has 4 heteroatoms. The monoisotopic (exact) mass is 292 g/mol. The molecule has 1 aliphatic heterocycles. The van der Waals surface area contributed by atoms with Crippen molar-refractivity contribution in [3.63, 3.8) is 0 Å². The third-order valence-corrected chi connectivity index (χ3v) is 4.83. The van der Waals surface area contributed by atoms with Crippen LogP contribution in [0.1, 0.15) is 36.6 Å². The molecule has 2 heterocycles. The van der Waals surface area contributed by atoms with Crippen molar-refractivity contribution in [2.24, 2.45) is 0 Å². The fourth-order valence-corrected chi connectivity index (χ4v) is 3.59. The van der Waals surface area contributed by atoms with Gasteiger partial charge in [0, 0.05) is 11.4 Å². The number of piperidine rings is 1. The highest BCUT2D eigenvalue weighted by molar-refractivity contribution is 7.10. The first-order valence-corrected chi connectivity index (χ1v) is 8.11. The normalized spacial score (nSPS) is 19.9. The molecule has 1 unspecified atom stereocenters. The summed E-state index contributed by atoms with van der Waals surface area (Å²) in [4.78, 5) is 16.0. The highest BCUT2D eigenvalue weighted by Gasteiger charge is 2.29. The van der Waals surface area contributed by atoms with Crippen LogP contribution in [0.3, 0.4) is 0 Å². The van der Waals surface area contributed by atoms with Gasteiger partial charge in [0.15, 0.2) is 0 Å². The van der Waals surface area contributed by atoms with Crippen molar-refractivity contribution in [2.45, 2.75) is 46.1 Å². The van der Waals surface area contributed by atoms with Crippen LogP contribution in [0.15, 0.2) is 17.5 Å². The minimum Gasteiger partial charge on any atom is -0.323 e. The molecule has 0 bridgehead atoms. The van der Waals surface area contributed by atoms with Crippen molar-refractivity contribution in [2.75, 3.05) is 18.4 Å². The number of amides is 1. The van der Waals surface area contributed by atoms with Crippen molar-refractivity contribution in [3.8, 4) is 0 Å². The van der Waals surface area contributed by atoms with Gasteiger partial charge in [-0.1, -0.05) is 18.6 Å². The molecule has 0 saturated carbocycles. The van der Waals surface area contributed by atoms with Gasteiger partial charge in [0.25, 0.3) is 0 Å². The summed E-state index contributed by atoms with van der Waals surface area (Å²) < 4.78 is 0. The molecule has 3 nitrogen and oxygen atoms in total. The van der Waals surface area contributed by atoms with Crippen LogP contribution in [0, 0.1) is 13.8 Å². The van der Waals surface area contributed by atoms with E-state index >= 15 is 0 Å². The molecule has 1 fully saturated rings. The number of anilines is 1. The Kier molecular flexibility index (Phi) is 5.00. The number of thiophene rings is 1. The molecule has 0 spiro atoms. The van der Waals surface area contributed by atoms with Crippen LogP contribution < -0.4 is 5.32 Å². The Balaban J connectivity index is 2.08. The van der Waals surface area contributed by atoms with Gasteiger partial charge in [0.2, 0.25) is 5.91 Å². The second kappa shape index (κ2) is 6.55. The largest absolute Gasteiger partial charge is 0.323 e. The minimum absolute atomic E-state index is 0.0147. The summed E-state index contributed by atoms with van der Waals surface area (Å²) >= 11 is 1.69. The lowest BCUT2D eigenvalue weighted by molar-refractivity contribution is -0.122. The van der Waals surface area contributed by atoms with Gasteiger partial charge in [0.05, 0.1) is 11.7 Å². The summed E-state index contributed by atoms with van der Waals surface area (Å²) in [6, 6.07) is -0.0147. The average Bonchev–Trinajstić information content (AvgIpc) is 2.70. The number of hydrogen-bond donors (Lipinski definition) is 1. The summed E-state index contributed by atoms with van der Waals surface area (Å²) in [5, 5.41) is 5.23. The van der Waals surface area contributed by atoms with E-state index in [4.69, 9.17) is 0 Å². The molecule has 1 saturated heterocycles. The zero-order valence-electron chi connectivity index (χ0n) is 12.7. The first-order chi connectivity index (χ1) is 9.49. The molecular weight excluding hydrogens is 268 g/mol.